The Balaban J connectivity index is 2.39. The molecule has 0 saturated heterocycles. The van der Waals surface area contributed by atoms with Crippen LogP contribution in [0.15, 0.2) is 36.4 Å². The smallest absolute Gasteiger partial charge is 0.131 e. The molecule has 2 unspecified atom stereocenters. The lowest BCUT2D eigenvalue weighted by molar-refractivity contribution is -0.840. The van der Waals surface area contributed by atoms with Crippen molar-refractivity contribution in [1.82, 2.24) is 0 Å². The normalized spacial score (nSPS) is 14.8. The van der Waals surface area contributed by atoms with Crippen LogP contribution in [0.4, 0.5) is 5.69 Å². The van der Waals surface area contributed by atoms with Gasteiger partial charge in [0.05, 0.1) is 14.1 Å². The van der Waals surface area contributed by atoms with E-state index in [9.17, 15) is 10.4 Å². The molecule has 2 atom stereocenters. The summed E-state index contributed by atoms with van der Waals surface area (Å²) in [5, 5.41) is 24.6. The third kappa shape index (κ3) is 2.81. The van der Waals surface area contributed by atoms with E-state index < -0.39 is 0 Å². The molecule has 0 aliphatic carbocycles. The molecule has 0 aliphatic heterocycles. The Bertz CT molecular complexity index is 524. The molecular formula is C13H16N2O2. The van der Waals surface area contributed by atoms with Crippen LogP contribution in [0.3, 0.4) is 0 Å². The molecule has 17 heavy (non-hydrogen) atoms. The third-order valence-electron chi connectivity index (χ3n) is 2.76. The van der Waals surface area contributed by atoms with Crippen LogP contribution in [-0.4, -0.2) is 14.1 Å². The van der Waals surface area contributed by atoms with Gasteiger partial charge in [0, 0.05) is 11.6 Å². The molecule has 0 heterocycles. The monoisotopic (exact) mass is 232 g/mol. The number of hydrogen-bond donors (Lipinski definition) is 2. The van der Waals surface area contributed by atoms with Crippen molar-refractivity contribution in [3.8, 4) is 0 Å². The van der Waals surface area contributed by atoms with Crippen LogP contribution in [-0.2, 0) is 6.54 Å². The van der Waals surface area contributed by atoms with Crippen LogP contribution < -0.4 is 10.1 Å². The lowest BCUT2D eigenvalue weighted by atomic mass is 10.1. The van der Waals surface area contributed by atoms with E-state index in [0.29, 0.717) is 6.54 Å². The zero-order valence-electron chi connectivity index (χ0n) is 9.99. The molecule has 2 N–H and O–H groups in total. The fourth-order valence-corrected chi connectivity index (χ4v) is 1.91. The molecule has 2 aromatic rings. The highest BCUT2D eigenvalue weighted by atomic mass is 16.5. The van der Waals surface area contributed by atoms with Crippen molar-refractivity contribution >= 4 is 16.5 Å². The Morgan fingerprint density at radius 1 is 0.941 bits per heavy atom. The van der Waals surface area contributed by atoms with Gasteiger partial charge in [-0.2, -0.15) is 0 Å². The van der Waals surface area contributed by atoms with E-state index >= 15 is 0 Å². The fraction of sp³-hybridized carbons (Fsp3) is 0.231. The molecule has 0 amide bonds. The predicted octanol–water partition coefficient (Wildman–Crippen LogP) is -0.00370. The summed E-state index contributed by atoms with van der Waals surface area (Å²) in [4.78, 5) is 0. The maximum Gasteiger partial charge on any atom is 0.131 e. The number of rotatable bonds is 3. The van der Waals surface area contributed by atoms with Crippen LogP contribution in [0.2, 0.25) is 0 Å². The number of hydrogen-bond acceptors (Lipinski definition) is 2. The summed E-state index contributed by atoms with van der Waals surface area (Å²) >= 11 is 0. The Morgan fingerprint density at radius 3 is 2.24 bits per heavy atom. The number of fused-ring (bicyclic) bond motifs is 1. The summed E-state index contributed by atoms with van der Waals surface area (Å²) in [5.74, 6) is 0. The van der Waals surface area contributed by atoms with Gasteiger partial charge in [0.25, 0.3) is 0 Å². The summed E-state index contributed by atoms with van der Waals surface area (Å²) < 4.78 is 0. The average molecular weight is 232 g/mol. The van der Waals surface area contributed by atoms with Gasteiger partial charge in [0.15, 0.2) is 0 Å². The number of benzene rings is 2. The van der Waals surface area contributed by atoms with Gasteiger partial charge >= 0.3 is 0 Å². The second-order valence-electron chi connectivity index (χ2n) is 4.33. The Morgan fingerprint density at radius 2 is 1.59 bits per heavy atom. The van der Waals surface area contributed by atoms with Gasteiger partial charge in [-0.1, -0.05) is 12.1 Å². The van der Waals surface area contributed by atoms with E-state index in [0.717, 1.165) is 22.0 Å². The molecule has 0 bridgehead atoms. The van der Waals surface area contributed by atoms with Crippen molar-refractivity contribution in [2.75, 3.05) is 14.1 Å². The second kappa shape index (κ2) is 4.81. The highest BCUT2D eigenvalue weighted by Gasteiger charge is 2.02. The zero-order valence-corrected chi connectivity index (χ0v) is 9.99. The Labute approximate surface area is 100 Å². The van der Waals surface area contributed by atoms with Crippen molar-refractivity contribution in [2.24, 2.45) is 0 Å². The first kappa shape index (κ1) is 12.0. The van der Waals surface area contributed by atoms with Gasteiger partial charge in [0.2, 0.25) is 0 Å². The molecule has 0 aromatic heterocycles. The van der Waals surface area contributed by atoms with E-state index in [2.05, 4.69) is 0 Å². The van der Waals surface area contributed by atoms with E-state index in [4.69, 9.17) is 0 Å². The minimum absolute atomic E-state index is 0.0692. The SMILES string of the molecule is C[NH+]([O-])Cc1ccc2cc([NH+](C)[O-])ccc2c1. The van der Waals surface area contributed by atoms with Crippen molar-refractivity contribution < 1.29 is 10.1 Å². The minimum atomic E-state index is 0.0692. The molecule has 0 fully saturated rings. The van der Waals surface area contributed by atoms with Gasteiger partial charge in [-0.25, -0.2) is 0 Å². The molecule has 90 valence electrons. The molecule has 0 aliphatic rings. The summed E-state index contributed by atoms with van der Waals surface area (Å²) in [5.41, 5.74) is 1.73. The summed E-state index contributed by atoms with van der Waals surface area (Å²) in [6.45, 7) is 0.463. The highest BCUT2D eigenvalue weighted by molar-refractivity contribution is 5.85. The first-order valence-electron chi connectivity index (χ1n) is 5.59. The van der Waals surface area contributed by atoms with Gasteiger partial charge in [-0.15, -0.1) is 0 Å². The van der Waals surface area contributed by atoms with Gasteiger partial charge < -0.3 is 20.5 Å². The lowest BCUT2D eigenvalue weighted by Crippen LogP contribution is -3.02. The number of nitrogens with one attached hydrogen (secondary N) is 2. The quantitative estimate of drug-likeness (QED) is 0.732. The van der Waals surface area contributed by atoms with Crippen LogP contribution in [0, 0.1) is 10.4 Å². The van der Waals surface area contributed by atoms with Gasteiger partial charge in [0.1, 0.15) is 12.2 Å². The van der Waals surface area contributed by atoms with Crippen LogP contribution in [0.1, 0.15) is 5.56 Å². The van der Waals surface area contributed by atoms with Gasteiger partial charge in [-0.3, -0.25) is 0 Å². The van der Waals surface area contributed by atoms with Crippen LogP contribution in [0.5, 0.6) is 0 Å². The lowest BCUT2D eigenvalue weighted by Gasteiger charge is -2.17. The van der Waals surface area contributed by atoms with Crippen molar-refractivity contribution in [3.63, 3.8) is 0 Å². The summed E-state index contributed by atoms with van der Waals surface area (Å²) in [6, 6.07) is 11.5. The number of hydroxylamine groups is 3. The van der Waals surface area contributed by atoms with E-state index in [1.807, 2.05) is 36.4 Å². The largest absolute Gasteiger partial charge is 0.634 e. The molecule has 0 spiro atoms. The summed E-state index contributed by atoms with van der Waals surface area (Å²) in [7, 11) is 3.15. The van der Waals surface area contributed by atoms with Gasteiger partial charge in [-0.05, 0) is 29.0 Å². The standard InChI is InChI=1S/C13H16N2O2/c1-14(16)9-10-3-4-12-8-13(15(2)17)6-5-11(12)7-10/h3-8,14-15H,9H2,1-2H3. The zero-order chi connectivity index (χ0) is 12.4. The van der Waals surface area contributed by atoms with E-state index in [1.165, 1.54) is 0 Å². The average Bonchev–Trinajstić information content (AvgIpc) is 2.27. The Hall–Kier alpha value is -1.46. The van der Waals surface area contributed by atoms with E-state index in [1.54, 1.807) is 14.1 Å². The molecule has 2 rings (SSSR count). The van der Waals surface area contributed by atoms with Crippen molar-refractivity contribution in [1.29, 1.82) is 0 Å². The molecule has 2 aromatic carbocycles. The van der Waals surface area contributed by atoms with Crippen LogP contribution >= 0.6 is 0 Å². The summed E-state index contributed by atoms with van der Waals surface area (Å²) in [6.07, 6.45) is 0. The number of quaternary nitrogens is 2. The maximum atomic E-state index is 11.3. The topological polar surface area (TPSA) is 55.0 Å². The molecular weight excluding hydrogens is 216 g/mol. The van der Waals surface area contributed by atoms with Crippen molar-refractivity contribution in [3.05, 3.63) is 52.4 Å². The highest BCUT2D eigenvalue weighted by Crippen LogP contribution is 2.18. The van der Waals surface area contributed by atoms with E-state index in [-0.39, 0.29) is 10.1 Å². The Kier molecular flexibility index (Phi) is 3.40. The molecule has 4 heteroatoms. The first-order chi connectivity index (χ1) is 8.06. The molecule has 0 saturated carbocycles. The predicted molar refractivity (Wildman–Crippen MR) is 67.8 cm³/mol. The second-order valence-corrected chi connectivity index (χ2v) is 4.33. The maximum absolute atomic E-state index is 11.3. The molecule has 4 nitrogen and oxygen atoms in total. The third-order valence-corrected chi connectivity index (χ3v) is 2.76. The van der Waals surface area contributed by atoms with Crippen LogP contribution in [0.25, 0.3) is 10.8 Å². The first-order valence-corrected chi connectivity index (χ1v) is 5.59. The van der Waals surface area contributed by atoms with Crippen molar-refractivity contribution in [2.45, 2.75) is 6.54 Å². The molecule has 0 radical (unpaired) electrons. The minimum Gasteiger partial charge on any atom is -0.634 e. The fourth-order valence-electron chi connectivity index (χ4n) is 1.91.